The first-order valence-electron chi connectivity index (χ1n) is 6.60. The van der Waals surface area contributed by atoms with Gasteiger partial charge in [0.15, 0.2) is 0 Å². The van der Waals surface area contributed by atoms with E-state index in [0.717, 1.165) is 24.4 Å². The van der Waals surface area contributed by atoms with E-state index < -0.39 is 0 Å². The predicted octanol–water partition coefficient (Wildman–Crippen LogP) is 3.11. The van der Waals surface area contributed by atoms with Gasteiger partial charge in [0.25, 0.3) is 6.29 Å². The minimum absolute atomic E-state index is 0.215. The van der Waals surface area contributed by atoms with E-state index in [1.807, 2.05) is 18.0 Å². The van der Waals surface area contributed by atoms with Crippen LogP contribution < -0.4 is 0 Å². The first-order valence-corrected chi connectivity index (χ1v) is 7.65. The molecule has 3 nitrogen and oxygen atoms in total. The van der Waals surface area contributed by atoms with Crippen LogP contribution in [0.3, 0.4) is 0 Å². The van der Waals surface area contributed by atoms with E-state index >= 15 is 0 Å². The predicted molar refractivity (Wildman–Crippen MR) is 70.3 cm³/mol. The Hall–Kier alpha value is -0.640. The fraction of sp³-hybridized carbons (Fsp3) is 0.769. The third kappa shape index (κ3) is 2.62. The molecule has 0 aromatic rings. The zero-order valence-electron chi connectivity index (χ0n) is 10.1. The van der Waals surface area contributed by atoms with Crippen molar-refractivity contribution in [1.82, 2.24) is 0 Å². The van der Waals surface area contributed by atoms with Crippen molar-refractivity contribution < 1.29 is 9.47 Å². The van der Waals surface area contributed by atoms with Crippen LogP contribution in [0.1, 0.15) is 38.5 Å². The minimum atomic E-state index is -0.215. The van der Waals surface area contributed by atoms with E-state index in [2.05, 4.69) is 4.99 Å². The molecule has 3 rings (SSSR count). The highest BCUT2D eigenvalue weighted by Crippen LogP contribution is 2.34. The lowest BCUT2D eigenvalue weighted by molar-refractivity contribution is 0.0216. The molecule has 2 atom stereocenters. The Kier molecular flexibility index (Phi) is 3.60. The molecule has 0 aliphatic carbocycles. The van der Waals surface area contributed by atoms with E-state index in [1.165, 1.54) is 37.9 Å². The van der Waals surface area contributed by atoms with E-state index in [1.54, 1.807) is 0 Å². The summed E-state index contributed by atoms with van der Waals surface area (Å²) in [5, 5.41) is 0.512. The van der Waals surface area contributed by atoms with Gasteiger partial charge in [-0.1, -0.05) is 6.42 Å². The van der Waals surface area contributed by atoms with Gasteiger partial charge in [-0.3, -0.25) is 4.99 Å². The molecule has 0 bridgehead atoms. The molecule has 0 aromatic heterocycles. The molecule has 1 saturated heterocycles. The SMILES string of the molecule is C1=C(C2CCCCS2)OC(C2=NCCCC2)O1. The molecule has 0 aromatic carbocycles. The Morgan fingerprint density at radius 3 is 3.00 bits per heavy atom. The number of nitrogens with zero attached hydrogens (tertiary/aromatic N) is 1. The van der Waals surface area contributed by atoms with Gasteiger partial charge in [-0.2, -0.15) is 11.8 Å². The summed E-state index contributed by atoms with van der Waals surface area (Å²) in [6.07, 6.45) is 8.93. The Balaban J connectivity index is 1.58. The molecular weight excluding hydrogens is 234 g/mol. The van der Waals surface area contributed by atoms with Crippen molar-refractivity contribution in [2.75, 3.05) is 12.3 Å². The molecule has 1 fully saturated rings. The molecule has 94 valence electrons. The van der Waals surface area contributed by atoms with Crippen molar-refractivity contribution in [2.24, 2.45) is 4.99 Å². The lowest BCUT2D eigenvalue weighted by Crippen LogP contribution is -2.25. The quantitative estimate of drug-likeness (QED) is 0.757. The van der Waals surface area contributed by atoms with Crippen molar-refractivity contribution in [3.05, 3.63) is 12.0 Å². The number of thioether (sulfide) groups is 1. The van der Waals surface area contributed by atoms with Crippen LogP contribution >= 0.6 is 11.8 Å². The Morgan fingerprint density at radius 2 is 2.24 bits per heavy atom. The number of aliphatic imine (C=N–C) groups is 1. The summed E-state index contributed by atoms with van der Waals surface area (Å²) in [6.45, 7) is 0.937. The van der Waals surface area contributed by atoms with Crippen LogP contribution in [0.4, 0.5) is 0 Å². The molecule has 3 heterocycles. The Labute approximate surface area is 107 Å². The summed E-state index contributed by atoms with van der Waals surface area (Å²) in [5.74, 6) is 2.28. The van der Waals surface area contributed by atoms with E-state index in [9.17, 15) is 0 Å². The fourth-order valence-electron chi connectivity index (χ4n) is 2.48. The zero-order valence-corrected chi connectivity index (χ0v) is 10.9. The van der Waals surface area contributed by atoms with Gasteiger partial charge in [-0.25, -0.2) is 0 Å². The average molecular weight is 253 g/mol. The minimum Gasteiger partial charge on any atom is -0.454 e. The Morgan fingerprint density at radius 1 is 1.24 bits per heavy atom. The molecule has 2 unspecified atom stereocenters. The molecule has 17 heavy (non-hydrogen) atoms. The van der Waals surface area contributed by atoms with Crippen LogP contribution in [-0.4, -0.2) is 29.5 Å². The van der Waals surface area contributed by atoms with Crippen molar-refractivity contribution in [3.8, 4) is 0 Å². The summed E-state index contributed by atoms with van der Waals surface area (Å²) in [5.41, 5.74) is 1.10. The van der Waals surface area contributed by atoms with Gasteiger partial charge >= 0.3 is 0 Å². The highest BCUT2D eigenvalue weighted by Gasteiger charge is 2.31. The van der Waals surface area contributed by atoms with Crippen molar-refractivity contribution in [1.29, 1.82) is 0 Å². The first-order chi connectivity index (χ1) is 8.43. The first kappa shape index (κ1) is 11.5. The van der Waals surface area contributed by atoms with Crippen LogP contribution in [0.5, 0.6) is 0 Å². The fourth-order valence-corrected chi connectivity index (χ4v) is 3.75. The smallest absolute Gasteiger partial charge is 0.279 e. The third-order valence-electron chi connectivity index (χ3n) is 3.48. The van der Waals surface area contributed by atoms with Gasteiger partial charge in [0.1, 0.15) is 12.0 Å². The average Bonchev–Trinajstić information content (AvgIpc) is 2.90. The highest BCUT2D eigenvalue weighted by molar-refractivity contribution is 8.00. The van der Waals surface area contributed by atoms with Crippen molar-refractivity contribution in [2.45, 2.75) is 50.1 Å². The second kappa shape index (κ2) is 5.34. The van der Waals surface area contributed by atoms with Crippen LogP contribution in [0.15, 0.2) is 17.0 Å². The monoisotopic (exact) mass is 253 g/mol. The van der Waals surface area contributed by atoms with Gasteiger partial charge < -0.3 is 9.47 Å². The molecule has 0 N–H and O–H groups in total. The lowest BCUT2D eigenvalue weighted by Gasteiger charge is -2.23. The topological polar surface area (TPSA) is 30.8 Å². The maximum atomic E-state index is 5.93. The van der Waals surface area contributed by atoms with Gasteiger partial charge in [0.05, 0.1) is 11.0 Å². The largest absolute Gasteiger partial charge is 0.454 e. The molecule has 4 heteroatoms. The van der Waals surface area contributed by atoms with Crippen molar-refractivity contribution >= 4 is 17.5 Å². The van der Waals surface area contributed by atoms with Crippen molar-refractivity contribution in [3.63, 3.8) is 0 Å². The summed E-state index contributed by atoms with van der Waals surface area (Å²) in [4.78, 5) is 4.52. The zero-order chi connectivity index (χ0) is 11.5. The Bertz CT molecular complexity index is 334. The molecular formula is C13H19NO2S. The number of hydrogen-bond acceptors (Lipinski definition) is 4. The van der Waals surface area contributed by atoms with Gasteiger partial charge in [-0.15, -0.1) is 0 Å². The molecule has 0 spiro atoms. The lowest BCUT2D eigenvalue weighted by atomic mass is 10.1. The summed E-state index contributed by atoms with van der Waals surface area (Å²) >= 11 is 2.00. The molecule has 0 radical (unpaired) electrons. The molecule has 0 amide bonds. The normalized spacial score (nSPS) is 33.4. The van der Waals surface area contributed by atoms with Crippen LogP contribution in [0, 0.1) is 0 Å². The van der Waals surface area contributed by atoms with E-state index in [0.29, 0.717) is 5.25 Å². The standard InChI is InChI=1S/C13H19NO2S/c1-3-7-14-10(5-1)13-15-9-11(16-13)12-6-2-4-8-17-12/h9,12-13H,1-8H2. The number of hydrogen-bond donors (Lipinski definition) is 0. The second-order valence-corrected chi connectivity index (χ2v) is 6.10. The molecule has 3 aliphatic heterocycles. The summed E-state index contributed by atoms with van der Waals surface area (Å²) in [7, 11) is 0. The van der Waals surface area contributed by atoms with Crippen LogP contribution in [-0.2, 0) is 9.47 Å². The summed E-state index contributed by atoms with van der Waals surface area (Å²) in [6, 6.07) is 0. The second-order valence-electron chi connectivity index (χ2n) is 4.79. The maximum absolute atomic E-state index is 5.93. The van der Waals surface area contributed by atoms with E-state index in [-0.39, 0.29) is 6.29 Å². The van der Waals surface area contributed by atoms with Crippen LogP contribution in [0.2, 0.25) is 0 Å². The third-order valence-corrected chi connectivity index (χ3v) is 4.87. The van der Waals surface area contributed by atoms with Gasteiger partial charge in [0.2, 0.25) is 0 Å². The summed E-state index contributed by atoms with van der Waals surface area (Å²) < 4.78 is 11.6. The van der Waals surface area contributed by atoms with Crippen LogP contribution in [0.25, 0.3) is 0 Å². The molecule has 3 aliphatic rings. The highest BCUT2D eigenvalue weighted by atomic mass is 32.2. The number of ether oxygens (including phenoxy) is 2. The van der Waals surface area contributed by atoms with E-state index in [4.69, 9.17) is 9.47 Å². The number of rotatable bonds is 2. The maximum Gasteiger partial charge on any atom is 0.279 e. The van der Waals surface area contributed by atoms with Gasteiger partial charge in [0, 0.05) is 6.54 Å². The molecule has 0 saturated carbocycles. The van der Waals surface area contributed by atoms with Gasteiger partial charge in [-0.05, 0) is 37.9 Å².